The second-order valence-corrected chi connectivity index (χ2v) is 14.0. The van der Waals surface area contributed by atoms with Crippen molar-refractivity contribution >= 4 is 5.97 Å². The van der Waals surface area contributed by atoms with Crippen molar-refractivity contribution in [3.63, 3.8) is 0 Å². The molecule has 4 aliphatic carbocycles. The quantitative estimate of drug-likeness (QED) is 0.161. The molecule has 3 saturated carbocycles. The molecule has 0 aliphatic heterocycles. The lowest BCUT2D eigenvalue weighted by atomic mass is 9.47. The lowest BCUT2D eigenvalue weighted by Crippen LogP contribution is -2.50. The van der Waals surface area contributed by atoms with Gasteiger partial charge in [0.05, 0.1) is 0 Å². The first-order valence-electron chi connectivity index (χ1n) is 16.5. The van der Waals surface area contributed by atoms with Gasteiger partial charge in [-0.05, 0) is 105 Å². The molecular weight excluding hydrogens is 480 g/mol. The van der Waals surface area contributed by atoms with E-state index < -0.39 is 6.10 Å². The Labute approximate surface area is 238 Å². The fourth-order valence-electron chi connectivity index (χ4n) is 9.49. The molecule has 0 saturated heterocycles. The van der Waals surface area contributed by atoms with E-state index in [1.807, 2.05) is 30.3 Å². The van der Waals surface area contributed by atoms with Gasteiger partial charge in [-0.1, -0.05) is 89.1 Å². The molecule has 0 heterocycles. The van der Waals surface area contributed by atoms with E-state index in [0.717, 1.165) is 42.9 Å². The van der Waals surface area contributed by atoms with Gasteiger partial charge in [0.15, 0.2) is 6.10 Å². The van der Waals surface area contributed by atoms with E-state index in [2.05, 4.69) is 26.8 Å². The number of carbonyl (C=O) groups excluding carboxylic acids is 1. The first-order chi connectivity index (χ1) is 18.8. The SMILES string of the molecule is CCCCCCCC[C@H]1CC[C@H]2[C@@H]3CC=C4C[C@@H](OC(=O)C(C)Oc5ccccc5)CC[C@]4(C)[C@H]3CC[C@]12C. The third kappa shape index (κ3) is 5.98. The van der Waals surface area contributed by atoms with E-state index in [1.54, 1.807) is 12.5 Å². The van der Waals surface area contributed by atoms with Crippen LogP contribution < -0.4 is 4.74 Å². The molecule has 1 unspecified atom stereocenters. The minimum atomic E-state index is -0.590. The van der Waals surface area contributed by atoms with Crippen molar-refractivity contribution in [2.45, 2.75) is 136 Å². The Morgan fingerprint density at radius 3 is 2.51 bits per heavy atom. The minimum Gasteiger partial charge on any atom is -0.479 e. The number of ether oxygens (including phenoxy) is 2. The van der Waals surface area contributed by atoms with E-state index in [4.69, 9.17) is 9.47 Å². The van der Waals surface area contributed by atoms with Crippen LogP contribution >= 0.6 is 0 Å². The van der Waals surface area contributed by atoms with Crippen molar-refractivity contribution in [1.29, 1.82) is 0 Å². The molecule has 0 spiro atoms. The number of unbranched alkanes of at least 4 members (excludes halogenated alkanes) is 5. The molecule has 0 radical (unpaired) electrons. The molecule has 3 nitrogen and oxygen atoms in total. The highest BCUT2D eigenvalue weighted by molar-refractivity contribution is 5.74. The van der Waals surface area contributed by atoms with Gasteiger partial charge in [-0.25, -0.2) is 4.79 Å². The number of hydrogen-bond donors (Lipinski definition) is 0. The largest absolute Gasteiger partial charge is 0.479 e. The number of allylic oxidation sites excluding steroid dienone is 1. The van der Waals surface area contributed by atoms with Gasteiger partial charge in [-0.2, -0.15) is 0 Å². The van der Waals surface area contributed by atoms with E-state index in [9.17, 15) is 4.79 Å². The molecule has 1 aromatic rings. The molecular formula is C36H54O3. The van der Waals surface area contributed by atoms with Gasteiger partial charge in [0.2, 0.25) is 0 Å². The van der Waals surface area contributed by atoms with Crippen LogP contribution in [-0.2, 0) is 9.53 Å². The van der Waals surface area contributed by atoms with Gasteiger partial charge >= 0.3 is 5.97 Å². The van der Waals surface area contributed by atoms with Crippen molar-refractivity contribution in [3.05, 3.63) is 42.0 Å². The smallest absolute Gasteiger partial charge is 0.347 e. The molecule has 8 atom stereocenters. The number of carbonyl (C=O) groups is 1. The van der Waals surface area contributed by atoms with Gasteiger partial charge in [0.1, 0.15) is 11.9 Å². The molecule has 216 valence electrons. The molecule has 3 fully saturated rings. The van der Waals surface area contributed by atoms with Crippen molar-refractivity contribution in [2.75, 3.05) is 0 Å². The van der Waals surface area contributed by atoms with Crippen LogP contribution in [0.1, 0.15) is 124 Å². The summed E-state index contributed by atoms with van der Waals surface area (Å²) in [6.45, 7) is 9.34. The molecule has 4 aliphatic rings. The molecule has 5 rings (SSSR count). The predicted molar refractivity (Wildman–Crippen MR) is 160 cm³/mol. The lowest BCUT2D eigenvalue weighted by molar-refractivity contribution is -0.159. The highest BCUT2D eigenvalue weighted by Crippen LogP contribution is 2.66. The molecule has 39 heavy (non-hydrogen) atoms. The van der Waals surface area contributed by atoms with Crippen LogP contribution in [-0.4, -0.2) is 18.2 Å². The Balaban J connectivity index is 1.16. The van der Waals surface area contributed by atoms with Crippen molar-refractivity contribution in [2.24, 2.45) is 34.5 Å². The summed E-state index contributed by atoms with van der Waals surface area (Å²) in [5.74, 6) is 3.98. The number of rotatable bonds is 11. The Hall–Kier alpha value is -1.77. The normalized spacial score (nSPS) is 36.2. The maximum absolute atomic E-state index is 12.8. The zero-order valence-electron chi connectivity index (χ0n) is 25.3. The average Bonchev–Trinajstić information content (AvgIpc) is 3.27. The maximum atomic E-state index is 12.8. The summed E-state index contributed by atoms with van der Waals surface area (Å²) in [5.41, 5.74) is 2.43. The standard InChI is InChI=1S/C36H54O3/c1-5-6-7-8-9-11-14-27-18-20-32-31-19-17-28-25-30(21-23-36(28,4)33(31)22-24-35(27,32)3)39-34(37)26(2)38-29-15-12-10-13-16-29/h10,12-13,15-17,26-27,30-33H,5-9,11,14,18-25H2,1-4H3/t26?,27-,30-,31-,32-,33-,35+,36-/m0/s1. The number of benzene rings is 1. The highest BCUT2D eigenvalue weighted by Gasteiger charge is 2.58. The Kier molecular flexibility index (Phi) is 9.14. The van der Waals surface area contributed by atoms with E-state index in [-0.39, 0.29) is 17.5 Å². The highest BCUT2D eigenvalue weighted by atomic mass is 16.6. The van der Waals surface area contributed by atoms with Crippen molar-refractivity contribution in [3.8, 4) is 5.75 Å². The third-order valence-corrected chi connectivity index (χ3v) is 11.8. The number of para-hydroxylation sites is 1. The van der Waals surface area contributed by atoms with E-state index in [1.165, 1.54) is 77.0 Å². The molecule has 0 N–H and O–H groups in total. The van der Waals surface area contributed by atoms with Gasteiger partial charge in [0.25, 0.3) is 0 Å². The maximum Gasteiger partial charge on any atom is 0.347 e. The fraction of sp³-hybridized carbons (Fsp3) is 0.750. The van der Waals surface area contributed by atoms with Crippen molar-refractivity contribution < 1.29 is 14.3 Å². The summed E-state index contributed by atoms with van der Waals surface area (Å²) in [7, 11) is 0. The summed E-state index contributed by atoms with van der Waals surface area (Å²) in [6.07, 6.45) is 22.0. The van der Waals surface area contributed by atoms with Crippen LogP contribution in [0.15, 0.2) is 42.0 Å². The monoisotopic (exact) mass is 534 g/mol. The van der Waals surface area contributed by atoms with Crippen LogP contribution in [0.3, 0.4) is 0 Å². The molecule has 1 aromatic carbocycles. The van der Waals surface area contributed by atoms with Crippen LogP contribution in [0.5, 0.6) is 5.75 Å². The zero-order valence-corrected chi connectivity index (χ0v) is 25.3. The lowest BCUT2D eigenvalue weighted by Gasteiger charge is -2.58. The molecule has 0 aromatic heterocycles. The summed E-state index contributed by atoms with van der Waals surface area (Å²) in [4.78, 5) is 12.8. The summed E-state index contributed by atoms with van der Waals surface area (Å²) < 4.78 is 11.8. The first-order valence-corrected chi connectivity index (χ1v) is 16.5. The van der Waals surface area contributed by atoms with Crippen LogP contribution in [0.4, 0.5) is 0 Å². The predicted octanol–water partition coefficient (Wildman–Crippen LogP) is 9.70. The van der Waals surface area contributed by atoms with Gasteiger partial charge < -0.3 is 9.47 Å². The summed E-state index contributed by atoms with van der Waals surface area (Å²) in [5, 5.41) is 0. The number of esters is 1. The summed E-state index contributed by atoms with van der Waals surface area (Å²) in [6, 6.07) is 9.57. The second kappa shape index (κ2) is 12.4. The van der Waals surface area contributed by atoms with Crippen molar-refractivity contribution in [1.82, 2.24) is 0 Å². The van der Waals surface area contributed by atoms with E-state index >= 15 is 0 Å². The Morgan fingerprint density at radius 2 is 1.72 bits per heavy atom. The first kappa shape index (κ1) is 28.7. The number of hydrogen-bond acceptors (Lipinski definition) is 3. The average molecular weight is 535 g/mol. The second-order valence-electron chi connectivity index (χ2n) is 14.0. The van der Waals surface area contributed by atoms with Gasteiger partial charge in [-0.3, -0.25) is 0 Å². The van der Waals surface area contributed by atoms with E-state index in [0.29, 0.717) is 11.2 Å². The third-order valence-electron chi connectivity index (χ3n) is 11.8. The Bertz CT molecular complexity index is 984. The van der Waals surface area contributed by atoms with Crippen LogP contribution in [0.25, 0.3) is 0 Å². The number of fused-ring (bicyclic) bond motifs is 5. The molecule has 0 amide bonds. The minimum absolute atomic E-state index is 0.0164. The zero-order chi connectivity index (χ0) is 27.5. The topological polar surface area (TPSA) is 35.5 Å². The van der Waals surface area contributed by atoms with Gasteiger partial charge in [0, 0.05) is 6.42 Å². The molecule has 0 bridgehead atoms. The summed E-state index contributed by atoms with van der Waals surface area (Å²) >= 11 is 0. The van der Waals surface area contributed by atoms with Gasteiger partial charge in [-0.15, -0.1) is 0 Å². The Morgan fingerprint density at radius 1 is 0.949 bits per heavy atom. The van der Waals surface area contributed by atoms with Crippen LogP contribution in [0.2, 0.25) is 0 Å². The fourth-order valence-corrected chi connectivity index (χ4v) is 9.49. The molecule has 3 heteroatoms. The van der Waals surface area contributed by atoms with Crippen LogP contribution in [0, 0.1) is 34.5 Å².